The molecule has 2 rings (SSSR count). The van der Waals surface area contributed by atoms with Crippen molar-refractivity contribution in [1.29, 1.82) is 0 Å². The van der Waals surface area contributed by atoms with E-state index in [2.05, 4.69) is 11.4 Å². The molecule has 0 bridgehead atoms. The maximum Gasteiger partial charge on any atom is 0.293 e. The third kappa shape index (κ3) is 3.52. The van der Waals surface area contributed by atoms with Gasteiger partial charge >= 0.3 is 0 Å². The molecule has 0 spiro atoms. The lowest BCUT2D eigenvalue weighted by Crippen LogP contribution is -2.09. The fourth-order valence-corrected chi connectivity index (χ4v) is 2.57. The summed E-state index contributed by atoms with van der Waals surface area (Å²) >= 11 is 5.82. The van der Waals surface area contributed by atoms with E-state index in [1.165, 1.54) is 11.6 Å². The Balaban J connectivity index is 2.31. The molecule has 5 heteroatoms. The minimum absolute atomic E-state index is 0.0147. The number of anilines is 1. The average molecular weight is 305 g/mol. The van der Waals surface area contributed by atoms with Crippen molar-refractivity contribution in [2.24, 2.45) is 0 Å². The highest BCUT2D eigenvalue weighted by molar-refractivity contribution is 6.30. The molecular formula is C16H17ClN2O2. The largest absolute Gasteiger partial charge is 0.373 e. The SMILES string of the molecule is Cc1ccc(C(C)Nc2ccc(Cl)cc2[N+](=O)[O-])c(C)c1. The van der Waals surface area contributed by atoms with Crippen LogP contribution in [0, 0.1) is 24.0 Å². The summed E-state index contributed by atoms with van der Waals surface area (Å²) in [6.07, 6.45) is 0. The highest BCUT2D eigenvalue weighted by Crippen LogP contribution is 2.31. The molecule has 0 aliphatic rings. The van der Waals surface area contributed by atoms with Gasteiger partial charge in [0.15, 0.2) is 0 Å². The first-order valence-electron chi connectivity index (χ1n) is 6.66. The van der Waals surface area contributed by atoms with Crippen LogP contribution in [-0.2, 0) is 0 Å². The molecule has 0 amide bonds. The van der Waals surface area contributed by atoms with Crippen molar-refractivity contribution in [2.45, 2.75) is 26.8 Å². The van der Waals surface area contributed by atoms with E-state index >= 15 is 0 Å². The number of rotatable bonds is 4. The maximum atomic E-state index is 11.1. The van der Waals surface area contributed by atoms with Gasteiger partial charge in [0.1, 0.15) is 5.69 Å². The first kappa shape index (κ1) is 15.3. The van der Waals surface area contributed by atoms with E-state index in [9.17, 15) is 10.1 Å². The molecule has 0 heterocycles. The highest BCUT2D eigenvalue weighted by atomic mass is 35.5. The van der Waals surface area contributed by atoms with Gasteiger partial charge in [-0.1, -0.05) is 35.4 Å². The Bertz CT molecular complexity index is 686. The van der Waals surface area contributed by atoms with Crippen molar-refractivity contribution in [1.82, 2.24) is 0 Å². The van der Waals surface area contributed by atoms with Gasteiger partial charge in [0.2, 0.25) is 0 Å². The number of nitrogens with zero attached hydrogens (tertiary/aromatic N) is 1. The fourth-order valence-electron chi connectivity index (χ4n) is 2.40. The zero-order valence-corrected chi connectivity index (χ0v) is 12.9. The maximum absolute atomic E-state index is 11.1. The molecule has 1 atom stereocenters. The smallest absolute Gasteiger partial charge is 0.293 e. The number of halogens is 1. The van der Waals surface area contributed by atoms with Gasteiger partial charge in [-0.25, -0.2) is 0 Å². The summed E-state index contributed by atoms with van der Waals surface area (Å²) < 4.78 is 0. The van der Waals surface area contributed by atoms with Crippen LogP contribution >= 0.6 is 11.6 Å². The van der Waals surface area contributed by atoms with Crippen LogP contribution in [0.15, 0.2) is 36.4 Å². The molecule has 0 saturated heterocycles. The third-order valence-corrected chi connectivity index (χ3v) is 3.66. The van der Waals surface area contributed by atoms with Crippen LogP contribution in [0.3, 0.4) is 0 Å². The molecule has 1 N–H and O–H groups in total. The highest BCUT2D eigenvalue weighted by Gasteiger charge is 2.17. The first-order chi connectivity index (χ1) is 9.88. The molecule has 21 heavy (non-hydrogen) atoms. The van der Waals surface area contributed by atoms with Crippen molar-refractivity contribution >= 4 is 23.0 Å². The number of hydrogen-bond acceptors (Lipinski definition) is 3. The van der Waals surface area contributed by atoms with Crippen LogP contribution in [-0.4, -0.2) is 4.92 Å². The van der Waals surface area contributed by atoms with Gasteiger partial charge in [-0.05, 0) is 44.0 Å². The number of benzene rings is 2. The first-order valence-corrected chi connectivity index (χ1v) is 7.04. The molecule has 0 aliphatic heterocycles. The normalized spacial score (nSPS) is 12.0. The number of aryl methyl sites for hydroxylation is 2. The van der Waals surface area contributed by atoms with Crippen molar-refractivity contribution in [3.63, 3.8) is 0 Å². The van der Waals surface area contributed by atoms with E-state index < -0.39 is 4.92 Å². The molecule has 110 valence electrons. The van der Waals surface area contributed by atoms with E-state index in [1.807, 2.05) is 32.9 Å². The van der Waals surface area contributed by atoms with E-state index in [1.54, 1.807) is 12.1 Å². The van der Waals surface area contributed by atoms with Crippen molar-refractivity contribution in [3.05, 3.63) is 68.2 Å². The molecule has 0 aromatic heterocycles. The van der Waals surface area contributed by atoms with Crippen LogP contribution < -0.4 is 5.32 Å². The average Bonchev–Trinajstić information content (AvgIpc) is 2.40. The summed E-state index contributed by atoms with van der Waals surface area (Å²) in [6.45, 7) is 6.06. The molecule has 4 nitrogen and oxygen atoms in total. The number of hydrogen-bond donors (Lipinski definition) is 1. The molecule has 0 aliphatic carbocycles. The Morgan fingerprint density at radius 2 is 1.90 bits per heavy atom. The van der Waals surface area contributed by atoms with Crippen molar-refractivity contribution in [2.75, 3.05) is 5.32 Å². The Morgan fingerprint density at radius 1 is 1.19 bits per heavy atom. The summed E-state index contributed by atoms with van der Waals surface area (Å²) in [5.74, 6) is 0. The van der Waals surface area contributed by atoms with Gasteiger partial charge in [-0.3, -0.25) is 10.1 Å². The van der Waals surface area contributed by atoms with E-state index in [4.69, 9.17) is 11.6 Å². The predicted molar refractivity (Wildman–Crippen MR) is 86.1 cm³/mol. The van der Waals surface area contributed by atoms with Crippen molar-refractivity contribution in [3.8, 4) is 0 Å². The Kier molecular flexibility index (Phi) is 4.48. The molecule has 1 unspecified atom stereocenters. The van der Waals surface area contributed by atoms with E-state index in [0.29, 0.717) is 10.7 Å². The zero-order chi connectivity index (χ0) is 15.6. The third-order valence-electron chi connectivity index (χ3n) is 3.42. The zero-order valence-electron chi connectivity index (χ0n) is 12.2. The van der Waals surface area contributed by atoms with E-state index in [0.717, 1.165) is 11.1 Å². The number of nitro benzene ring substituents is 1. The fraction of sp³-hybridized carbons (Fsp3) is 0.250. The Hall–Kier alpha value is -2.07. The van der Waals surface area contributed by atoms with Crippen molar-refractivity contribution < 1.29 is 4.92 Å². The predicted octanol–water partition coefficient (Wildman–Crippen LogP) is 5.04. The quantitative estimate of drug-likeness (QED) is 0.636. The lowest BCUT2D eigenvalue weighted by Gasteiger charge is -2.18. The van der Waals surface area contributed by atoms with Gasteiger partial charge < -0.3 is 5.32 Å². The van der Waals surface area contributed by atoms with Gasteiger partial charge in [0.05, 0.1) is 4.92 Å². The summed E-state index contributed by atoms with van der Waals surface area (Å²) in [7, 11) is 0. The molecule has 0 radical (unpaired) electrons. The lowest BCUT2D eigenvalue weighted by atomic mass is 10.00. The number of nitro groups is 1. The van der Waals surface area contributed by atoms with Gasteiger partial charge in [0.25, 0.3) is 5.69 Å². The standard InChI is InChI=1S/C16H17ClN2O2/c1-10-4-6-14(11(2)8-10)12(3)18-15-7-5-13(17)9-16(15)19(20)21/h4-9,12,18H,1-3H3. The minimum atomic E-state index is -0.428. The van der Waals surface area contributed by atoms with Gasteiger partial charge in [0, 0.05) is 17.1 Å². The lowest BCUT2D eigenvalue weighted by molar-refractivity contribution is -0.384. The Morgan fingerprint density at radius 3 is 2.52 bits per heavy atom. The van der Waals surface area contributed by atoms with Crippen LogP contribution in [0.4, 0.5) is 11.4 Å². The molecule has 0 saturated carbocycles. The summed E-state index contributed by atoms with van der Waals surface area (Å²) in [6, 6.07) is 10.8. The van der Waals surface area contributed by atoms with Gasteiger partial charge in [-0.2, -0.15) is 0 Å². The Labute approximate surface area is 128 Å². The van der Waals surface area contributed by atoms with Crippen LogP contribution in [0.2, 0.25) is 5.02 Å². The topological polar surface area (TPSA) is 55.2 Å². The second kappa shape index (κ2) is 6.14. The molecular weight excluding hydrogens is 288 g/mol. The minimum Gasteiger partial charge on any atom is -0.373 e. The summed E-state index contributed by atoms with van der Waals surface area (Å²) in [4.78, 5) is 10.7. The molecule has 2 aromatic rings. The van der Waals surface area contributed by atoms with Gasteiger partial charge in [-0.15, -0.1) is 0 Å². The van der Waals surface area contributed by atoms with E-state index in [-0.39, 0.29) is 11.7 Å². The monoisotopic (exact) mass is 304 g/mol. The van der Waals surface area contributed by atoms with Crippen LogP contribution in [0.1, 0.15) is 29.7 Å². The summed E-state index contributed by atoms with van der Waals surface area (Å²) in [5, 5.41) is 14.7. The van der Waals surface area contributed by atoms with Crippen LogP contribution in [0.5, 0.6) is 0 Å². The number of nitrogens with one attached hydrogen (secondary N) is 1. The second-order valence-corrected chi connectivity index (χ2v) is 5.58. The van der Waals surface area contributed by atoms with Crippen LogP contribution in [0.25, 0.3) is 0 Å². The second-order valence-electron chi connectivity index (χ2n) is 5.14. The molecule has 0 fully saturated rings. The summed E-state index contributed by atoms with van der Waals surface area (Å²) in [5.41, 5.74) is 3.92. The molecule has 2 aromatic carbocycles.